The molecule has 1 aliphatic rings. The minimum atomic E-state index is -3.59. The van der Waals surface area contributed by atoms with Gasteiger partial charge in [0, 0.05) is 19.2 Å². The van der Waals surface area contributed by atoms with E-state index in [4.69, 9.17) is 6.42 Å². The molecule has 1 fully saturated rings. The highest BCUT2D eigenvalue weighted by atomic mass is 32.2. The number of nitrogens with zero attached hydrogens (tertiary/aromatic N) is 1. The number of terminal acetylenes is 1. The predicted molar refractivity (Wildman–Crippen MR) is 81.1 cm³/mol. The number of nitrogens with one attached hydrogen (secondary N) is 1. The zero-order valence-electron chi connectivity index (χ0n) is 11.9. The summed E-state index contributed by atoms with van der Waals surface area (Å²) in [4.78, 5) is 11.1. The van der Waals surface area contributed by atoms with Gasteiger partial charge in [-0.2, -0.15) is 4.31 Å². The van der Waals surface area contributed by atoms with E-state index in [1.807, 2.05) is 0 Å². The van der Waals surface area contributed by atoms with E-state index < -0.39 is 10.0 Å². The highest BCUT2D eigenvalue weighted by Gasteiger charge is 2.31. The molecule has 0 radical (unpaired) electrons. The minimum absolute atomic E-state index is 0.0757. The Morgan fingerprint density at radius 3 is 2.48 bits per heavy atom. The van der Waals surface area contributed by atoms with Crippen LogP contribution in [0.4, 0.5) is 5.69 Å². The lowest BCUT2D eigenvalue weighted by molar-refractivity contribution is -0.114. The predicted octanol–water partition coefficient (Wildman–Crippen LogP) is 1.68. The number of anilines is 1. The van der Waals surface area contributed by atoms with E-state index in [0.29, 0.717) is 18.2 Å². The number of amides is 1. The summed E-state index contributed by atoms with van der Waals surface area (Å²) in [6.45, 7) is 1.95. The maximum Gasteiger partial charge on any atom is 0.243 e. The molecular weight excluding hydrogens is 288 g/mol. The van der Waals surface area contributed by atoms with E-state index in [0.717, 1.165) is 12.8 Å². The van der Waals surface area contributed by atoms with Crippen molar-refractivity contribution in [3.8, 4) is 12.3 Å². The number of hydrogen-bond acceptors (Lipinski definition) is 3. The smallest absolute Gasteiger partial charge is 0.243 e. The molecule has 2 rings (SSSR count). The Bertz CT molecular complexity index is 655. The average Bonchev–Trinajstić information content (AvgIpc) is 3.22. The van der Waals surface area contributed by atoms with Gasteiger partial charge in [-0.05, 0) is 43.0 Å². The second kappa shape index (κ2) is 6.29. The Balaban J connectivity index is 2.20. The molecule has 1 aromatic rings. The lowest BCUT2D eigenvalue weighted by atomic mass is 10.3. The van der Waals surface area contributed by atoms with Crippen molar-refractivity contribution in [2.24, 2.45) is 5.92 Å². The van der Waals surface area contributed by atoms with Gasteiger partial charge in [0.1, 0.15) is 0 Å². The summed E-state index contributed by atoms with van der Waals surface area (Å²) in [5.74, 6) is 2.63. The molecule has 0 spiro atoms. The molecular formula is C15H18N2O3S. The summed E-state index contributed by atoms with van der Waals surface area (Å²) < 4.78 is 26.5. The molecule has 0 aromatic heterocycles. The summed E-state index contributed by atoms with van der Waals surface area (Å²) >= 11 is 0. The number of rotatable bonds is 6. The van der Waals surface area contributed by atoms with Gasteiger partial charge in [0.2, 0.25) is 15.9 Å². The van der Waals surface area contributed by atoms with Crippen molar-refractivity contribution < 1.29 is 13.2 Å². The normalized spacial score (nSPS) is 14.7. The molecule has 0 unspecified atom stereocenters. The highest BCUT2D eigenvalue weighted by molar-refractivity contribution is 7.89. The molecule has 6 heteroatoms. The van der Waals surface area contributed by atoms with Gasteiger partial charge in [0.05, 0.1) is 11.4 Å². The molecule has 1 aliphatic carbocycles. The first kappa shape index (κ1) is 15.5. The quantitative estimate of drug-likeness (QED) is 0.813. The van der Waals surface area contributed by atoms with E-state index in [-0.39, 0.29) is 17.3 Å². The van der Waals surface area contributed by atoms with Gasteiger partial charge >= 0.3 is 0 Å². The Morgan fingerprint density at radius 2 is 2.00 bits per heavy atom. The fraction of sp³-hybridized carbons (Fsp3) is 0.400. The Morgan fingerprint density at radius 1 is 1.38 bits per heavy atom. The summed E-state index contributed by atoms with van der Waals surface area (Å²) in [5.41, 5.74) is 0.562. The van der Waals surface area contributed by atoms with Crippen LogP contribution in [0, 0.1) is 18.3 Å². The Hall–Kier alpha value is -1.84. The Labute approximate surface area is 125 Å². The third-order valence-corrected chi connectivity index (χ3v) is 5.06. The van der Waals surface area contributed by atoms with E-state index in [9.17, 15) is 13.2 Å². The second-order valence-corrected chi connectivity index (χ2v) is 7.09. The van der Waals surface area contributed by atoms with Crippen molar-refractivity contribution in [3.05, 3.63) is 24.3 Å². The van der Waals surface area contributed by atoms with Crippen LogP contribution in [0.25, 0.3) is 0 Å². The molecule has 1 N–H and O–H groups in total. The van der Waals surface area contributed by atoms with Crippen LogP contribution in [0.5, 0.6) is 0 Å². The fourth-order valence-electron chi connectivity index (χ4n) is 2.00. The third-order valence-electron chi connectivity index (χ3n) is 3.24. The first-order chi connectivity index (χ1) is 9.93. The molecule has 112 valence electrons. The molecule has 0 saturated heterocycles. The van der Waals surface area contributed by atoms with Gasteiger partial charge in [0.25, 0.3) is 0 Å². The molecule has 1 aromatic carbocycles. The highest BCUT2D eigenvalue weighted by Crippen LogP contribution is 2.31. The van der Waals surface area contributed by atoms with E-state index in [2.05, 4.69) is 11.2 Å². The van der Waals surface area contributed by atoms with E-state index in [1.54, 1.807) is 12.1 Å². The van der Waals surface area contributed by atoms with Crippen LogP contribution >= 0.6 is 0 Å². The maximum absolute atomic E-state index is 12.6. The van der Waals surface area contributed by atoms with Crippen molar-refractivity contribution in [2.75, 3.05) is 18.4 Å². The summed E-state index contributed by atoms with van der Waals surface area (Å²) in [7, 11) is -3.59. The zero-order chi connectivity index (χ0) is 15.5. The van der Waals surface area contributed by atoms with Crippen LogP contribution in [0.15, 0.2) is 29.2 Å². The molecule has 1 saturated carbocycles. The van der Waals surface area contributed by atoms with Crippen LogP contribution in [-0.2, 0) is 14.8 Å². The van der Waals surface area contributed by atoms with Crippen LogP contribution in [-0.4, -0.2) is 31.7 Å². The lowest BCUT2D eigenvalue weighted by Crippen LogP contribution is -2.33. The SMILES string of the molecule is C#CCN(CC1CC1)S(=O)(=O)c1ccc(NC(C)=O)cc1. The van der Waals surface area contributed by atoms with Gasteiger partial charge in [-0.15, -0.1) is 6.42 Å². The molecule has 0 bridgehead atoms. The fourth-order valence-corrected chi connectivity index (χ4v) is 3.43. The van der Waals surface area contributed by atoms with Crippen molar-refractivity contribution in [2.45, 2.75) is 24.7 Å². The molecule has 0 aliphatic heterocycles. The van der Waals surface area contributed by atoms with Gasteiger partial charge in [-0.1, -0.05) is 5.92 Å². The second-order valence-electron chi connectivity index (χ2n) is 5.15. The molecule has 21 heavy (non-hydrogen) atoms. The first-order valence-electron chi connectivity index (χ1n) is 6.74. The topological polar surface area (TPSA) is 66.5 Å². The zero-order valence-corrected chi connectivity index (χ0v) is 12.7. The molecule has 0 atom stereocenters. The lowest BCUT2D eigenvalue weighted by Gasteiger charge is -2.19. The maximum atomic E-state index is 12.6. The van der Waals surface area contributed by atoms with Crippen LogP contribution < -0.4 is 5.32 Å². The number of hydrogen-bond donors (Lipinski definition) is 1. The first-order valence-corrected chi connectivity index (χ1v) is 8.19. The summed E-state index contributed by atoms with van der Waals surface area (Å²) in [5, 5.41) is 2.60. The molecule has 1 amide bonds. The molecule has 0 heterocycles. The number of carbonyl (C=O) groups is 1. The number of sulfonamides is 1. The number of benzene rings is 1. The van der Waals surface area contributed by atoms with Gasteiger partial charge in [0.15, 0.2) is 0 Å². The van der Waals surface area contributed by atoms with Crippen LogP contribution in [0.2, 0.25) is 0 Å². The van der Waals surface area contributed by atoms with E-state index in [1.165, 1.54) is 23.4 Å². The van der Waals surface area contributed by atoms with Crippen LogP contribution in [0.1, 0.15) is 19.8 Å². The van der Waals surface area contributed by atoms with E-state index >= 15 is 0 Å². The van der Waals surface area contributed by atoms with Crippen molar-refractivity contribution >= 4 is 21.6 Å². The monoisotopic (exact) mass is 306 g/mol. The standard InChI is InChI=1S/C15H18N2O3S/c1-3-10-17(11-13-4-5-13)21(19,20)15-8-6-14(7-9-15)16-12(2)18/h1,6-9,13H,4-5,10-11H2,2H3,(H,16,18). The number of carbonyl (C=O) groups excluding carboxylic acids is 1. The van der Waals surface area contributed by atoms with Crippen molar-refractivity contribution in [3.63, 3.8) is 0 Å². The average molecular weight is 306 g/mol. The van der Waals surface area contributed by atoms with Gasteiger partial charge in [-0.3, -0.25) is 4.79 Å². The summed E-state index contributed by atoms with van der Waals surface area (Å²) in [6.07, 6.45) is 7.38. The van der Waals surface area contributed by atoms with Gasteiger partial charge < -0.3 is 5.32 Å². The van der Waals surface area contributed by atoms with Crippen LogP contribution in [0.3, 0.4) is 0 Å². The van der Waals surface area contributed by atoms with Gasteiger partial charge in [-0.25, -0.2) is 8.42 Å². The Kier molecular flexibility index (Phi) is 4.66. The largest absolute Gasteiger partial charge is 0.326 e. The van der Waals surface area contributed by atoms with Crippen molar-refractivity contribution in [1.82, 2.24) is 4.31 Å². The third kappa shape index (κ3) is 4.06. The summed E-state index contributed by atoms with van der Waals surface area (Å²) in [6, 6.07) is 6.10. The minimum Gasteiger partial charge on any atom is -0.326 e. The van der Waals surface area contributed by atoms with Crippen molar-refractivity contribution in [1.29, 1.82) is 0 Å². The molecule has 5 nitrogen and oxygen atoms in total.